The molecule has 0 fully saturated rings. The molecule has 0 aromatic heterocycles. The molecule has 0 spiro atoms. The Morgan fingerprint density at radius 1 is 0.474 bits per heavy atom. The summed E-state index contributed by atoms with van der Waals surface area (Å²) in [5.41, 5.74) is 0. The molecule has 2 unspecified atom stereocenters. The number of phosphoric ester groups is 1. The molecule has 3 N–H and O–H groups in total. The number of hydrogen-bond acceptors (Lipinski definition) is 7. The smallest absolute Gasteiger partial charge is 0.463 e. The Hall–Kier alpha value is -0.990. The van der Waals surface area contributed by atoms with E-state index in [1.165, 1.54) is 193 Å². The number of aliphatic hydroxyl groups excluding tert-OH is 1. The Balaban J connectivity index is 3.49. The van der Waals surface area contributed by atoms with Crippen molar-refractivity contribution in [2.24, 2.45) is 0 Å². The average molecular weight is 832 g/mol. The van der Waals surface area contributed by atoms with Crippen LogP contribution in [0.3, 0.4) is 0 Å². The zero-order chi connectivity index (χ0) is 41.8. The molecule has 57 heavy (non-hydrogen) atoms. The lowest BCUT2D eigenvalue weighted by molar-refractivity contribution is -0.147. The van der Waals surface area contributed by atoms with E-state index in [4.69, 9.17) is 13.8 Å². The zero-order valence-corrected chi connectivity index (χ0v) is 38.5. The summed E-state index contributed by atoms with van der Waals surface area (Å²) in [6.45, 7) is 3.61. The fourth-order valence-electron chi connectivity index (χ4n) is 7.32. The Labute approximate surface area is 352 Å². The Kier molecular flexibility index (Phi) is 43.8. The molecule has 1 amide bonds. The number of unbranched alkanes of at least 4 members (excludes halogenated alkanes) is 34. The van der Waals surface area contributed by atoms with Crippen LogP contribution in [0.4, 0.5) is 0 Å². The van der Waals surface area contributed by atoms with E-state index in [-0.39, 0.29) is 32.1 Å². The van der Waals surface area contributed by atoms with Gasteiger partial charge in [0.15, 0.2) is 0 Å². The van der Waals surface area contributed by atoms with Gasteiger partial charge in [0.25, 0.3) is 0 Å². The van der Waals surface area contributed by atoms with E-state index in [9.17, 15) is 24.2 Å². The van der Waals surface area contributed by atoms with Crippen LogP contribution in [-0.2, 0) is 27.9 Å². The Morgan fingerprint density at radius 3 is 1.14 bits per heavy atom. The van der Waals surface area contributed by atoms with Gasteiger partial charge in [-0.2, -0.15) is 0 Å². The summed E-state index contributed by atoms with van der Waals surface area (Å²) in [6.07, 6.45) is 46.2. The maximum Gasteiger partial charge on any atom is 0.472 e. The maximum atomic E-state index is 12.1. The minimum Gasteiger partial charge on any atom is -0.463 e. The summed E-state index contributed by atoms with van der Waals surface area (Å²) in [7, 11) is -4.41. The van der Waals surface area contributed by atoms with Gasteiger partial charge >= 0.3 is 13.8 Å². The topological polar surface area (TPSA) is 131 Å². The van der Waals surface area contributed by atoms with Crippen molar-refractivity contribution in [3.05, 3.63) is 0 Å². The van der Waals surface area contributed by atoms with E-state index in [0.717, 1.165) is 38.5 Å². The van der Waals surface area contributed by atoms with Crippen molar-refractivity contribution in [3.8, 4) is 0 Å². The van der Waals surface area contributed by atoms with Gasteiger partial charge in [0.05, 0.1) is 13.2 Å². The van der Waals surface area contributed by atoms with Crippen LogP contribution in [0.5, 0.6) is 0 Å². The minimum atomic E-state index is -4.41. The highest BCUT2D eigenvalue weighted by Gasteiger charge is 2.23. The van der Waals surface area contributed by atoms with Gasteiger partial charge in [0.1, 0.15) is 12.7 Å². The molecule has 2 atom stereocenters. The zero-order valence-electron chi connectivity index (χ0n) is 37.6. The first-order valence-electron chi connectivity index (χ1n) is 24.5. The maximum absolute atomic E-state index is 12.1. The average Bonchev–Trinajstić information content (AvgIpc) is 3.20. The summed E-state index contributed by atoms with van der Waals surface area (Å²) >= 11 is 0. The number of carbonyl (C=O) groups excluding carboxylic acids is 2. The highest BCUT2D eigenvalue weighted by molar-refractivity contribution is 7.47. The summed E-state index contributed by atoms with van der Waals surface area (Å²) in [5.74, 6) is -0.501. The molecule has 0 radical (unpaired) electrons. The van der Waals surface area contributed by atoms with E-state index in [1.807, 2.05) is 0 Å². The van der Waals surface area contributed by atoms with Gasteiger partial charge in [-0.1, -0.05) is 232 Å². The molecule has 0 saturated carbocycles. The van der Waals surface area contributed by atoms with Crippen LogP contribution in [0.15, 0.2) is 0 Å². The van der Waals surface area contributed by atoms with E-state index in [1.54, 1.807) is 0 Å². The first kappa shape index (κ1) is 56.0. The van der Waals surface area contributed by atoms with E-state index < -0.39 is 26.5 Å². The summed E-state index contributed by atoms with van der Waals surface area (Å²) in [6, 6.07) is 0. The number of rotatable bonds is 47. The second-order valence-electron chi connectivity index (χ2n) is 16.8. The summed E-state index contributed by atoms with van der Waals surface area (Å²) < 4.78 is 26.9. The van der Waals surface area contributed by atoms with Crippen LogP contribution in [-0.4, -0.2) is 54.3 Å². The number of hydrogen-bond donors (Lipinski definition) is 3. The van der Waals surface area contributed by atoms with Crippen molar-refractivity contribution in [1.29, 1.82) is 0 Å². The number of aliphatic hydroxyl groups is 1. The lowest BCUT2D eigenvalue weighted by atomic mass is 10.0. The van der Waals surface area contributed by atoms with E-state index in [2.05, 4.69) is 19.2 Å². The number of amides is 1. The van der Waals surface area contributed by atoms with Gasteiger partial charge in [-0.05, 0) is 12.8 Å². The van der Waals surface area contributed by atoms with Crippen LogP contribution >= 0.6 is 7.82 Å². The van der Waals surface area contributed by atoms with Gasteiger partial charge in [-0.3, -0.25) is 18.6 Å². The second-order valence-corrected chi connectivity index (χ2v) is 18.3. The minimum absolute atomic E-state index is 0.0888. The fraction of sp³-hybridized carbons (Fsp3) is 0.957. The van der Waals surface area contributed by atoms with Gasteiger partial charge in [-0.15, -0.1) is 0 Å². The second kappa shape index (κ2) is 44.6. The Morgan fingerprint density at radius 2 is 0.789 bits per heavy atom. The van der Waals surface area contributed by atoms with Gasteiger partial charge < -0.3 is 20.1 Å². The lowest BCUT2D eigenvalue weighted by Gasteiger charge is -2.15. The molecular formula is C47H94NO8P. The summed E-state index contributed by atoms with van der Waals surface area (Å²) in [5, 5.41) is 12.7. The number of carbonyl (C=O) groups is 2. The molecular weight excluding hydrogens is 737 g/mol. The van der Waals surface area contributed by atoms with Gasteiger partial charge in [0.2, 0.25) is 5.91 Å². The van der Waals surface area contributed by atoms with E-state index >= 15 is 0 Å². The molecule has 0 aliphatic rings. The van der Waals surface area contributed by atoms with Crippen LogP contribution in [0.25, 0.3) is 0 Å². The van der Waals surface area contributed by atoms with Crippen molar-refractivity contribution in [3.63, 3.8) is 0 Å². The number of esters is 1. The Bertz CT molecular complexity index is 907. The van der Waals surface area contributed by atoms with Crippen molar-refractivity contribution in [2.45, 2.75) is 264 Å². The molecule has 0 bridgehead atoms. The third kappa shape index (κ3) is 45.9. The van der Waals surface area contributed by atoms with E-state index in [0.29, 0.717) is 6.42 Å². The molecule has 10 heteroatoms. The molecule has 340 valence electrons. The largest absolute Gasteiger partial charge is 0.472 e. The fourth-order valence-corrected chi connectivity index (χ4v) is 8.08. The number of phosphoric acid groups is 1. The molecule has 0 saturated heterocycles. The molecule has 0 aliphatic carbocycles. The van der Waals surface area contributed by atoms with Gasteiger partial charge in [0, 0.05) is 19.4 Å². The summed E-state index contributed by atoms with van der Waals surface area (Å²) in [4.78, 5) is 34.0. The lowest BCUT2D eigenvalue weighted by Crippen LogP contribution is -2.27. The first-order valence-corrected chi connectivity index (χ1v) is 26.0. The van der Waals surface area contributed by atoms with Crippen molar-refractivity contribution in [2.75, 3.05) is 26.4 Å². The predicted molar refractivity (Wildman–Crippen MR) is 238 cm³/mol. The monoisotopic (exact) mass is 832 g/mol. The highest BCUT2D eigenvalue weighted by Crippen LogP contribution is 2.42. The standard InChI is InChI=1S/C47H94NO8P/c1-3-5-7-9-11-13-15-17-18-19-20-21-22-23-24-25-26-28-29-31-33-35-37-39-46(50)48-41-42-55-57(52,53)56-44-45(49)43-54-47(51)40-38-36-34-32-30-27-16-14-12-10-8-6-4-2/h45,49H,3-44H2,1-2H3,(H,48,50)(H,52,53). The van der Waals surface area contributed by atoms with Crippen LogP contribution in [0.1, 0.15) is 258 Å². The van der Waals surface area contributed by atoms with Crippen molar-refractivity contribution >= 4 is 19.7 Å². The normalized spacial score (nSPS) is 13.1. The first-order chi connectivity index (χ1) is 27.8. The van der Waals surface area contributed by atoms with Crippen molar-refractivity contribution in [1.82, 2.24) is 5.32 Å². The van der Waals surface area contributed by atoms with Crippen LogP contribution in [0.2, 0.25) is 0 Å². The molecule has 0 heterocycles. The molecule has 0 rings (SSSR count). The SMILES string of the molecule is CCCCCCCCCCCCCCCCCCCCCCCCCC(=O)NCCOP(=O)(O)OCC(O)COC(=O)CCCCCCCCCCCCCCC. The predicted octanol–water partition coefficient (Wildman–Crippen LogP) is 14.0. The third-order valence-corrected chi connectivity index (χ3v) is 12.0. The van der Waals surface area contributed by atoms with Crippen molar-refractivity contribution < 1.29 is 37.9 Å². The van der Waals surface area contributed by atoms with Crippen LogP contribution in [0, 0.1) is 0 Å². The number of ether oxygens (including phenoxy) is 1. The third-order valence-electron chi connectivity index (χ3n) is 11.0. The molecule has 0 aromatic carbocycles. The highest BCUT2D eigenvalue weighted by atomic mass is 31.2. The van der Waals surface area contributed by atoms with Gasteiger partial charge in [-0.25, -0.2) is 4.57 Å². The molecule has 9 nitrogen and oxygen atoms in total. The van der Waals surface area contributed by atoms with Crippen LogP contribution < -0.4 is 5.32 Å². The number of nitrogens with one attached hydrogen (secondary N) is 1. The quantitative estimate of drug-likeness (QED) is 0.0314. The molecule has 0 aromatic rings. The molecule has 0 aliphatic heterocycles.